The maximum atomic E-state index is 6.70. The van der Waals surface area contributed by atoms with Gasteiger partial charge >= 0.3 is 0 Å². The van der Waals surface area contributed by atoms with E-state index in [1.165, 1.54) is 33.4 Å². The van der Waals surface area contributed by atoms with Gasteiger partial charge in [0.15, 0.2) is 5.82 Å². The van der Waals surface area contributed by atoms with Crippen LogP contribution in [0.2, 0.25) is 0 Å². The van der Waals surface area contributed by atoms with Crippen molar-refractivity contribution in [3.8, 4) is 78.8 Å². The fourth-order valence-corrected chi connectivity index (χ4v) is 8.82. The molecular weight excluding hydrogens is 681 g/mol. The van der Waals surface area contributed by atoms with E-state index in [0.29, 0.717) is 5.82 Å². The van der Waals surface area contributed by atoms with E-state index in [4.69, 9.17) is 14.7 Å². The number of rotatable bonds is 5. The Morgan fingerprint density at radius 2 is 0.786 bits per heavy atom. The smallest absolute Gasteiger partial charge is 0.160 e. The molecule has 3 nitrogen and oxygen atoms in total. The standard InChI is InChI=1S/C53H34N2O/c1-3-14-35(15-4-1)36-26-28-37(29-27-36)48-34-49(55-52(54-48)38-16-5-2-6-17-38)41-19-13-18-39(32-41)40-30-31-51-47(33-40)53(46-24-11-12-25-50(46)56-51)44-22-9-7-20-42(44)43-21-8-10-23-45(43)53/h1-34H. The highest BCUT2D eigenvalue weighted by molar-refractivity contribution is 5.89. The van der Waals surface area contributed by atoms with Gasteiger partial charge in [0.25, 0.3) is 0 Å². The lowest BCUT2D eigenvalue weighted by atomic mass is 9.66. The molecule has 56 heavy (non-hydrogen) atoms. The van der Waals surface area contributed by atoms with Crippen molar-refractivity contribution in [3.05, 3.63) is 229 Å². The fourth-order valence-electron chi connectivity index (χ4n) is 8.82. The highest BCUT2D eigenvalue weighted by atomic mass is 16.5. The number of fused-ring (bicyclic) bond motifs is 9. The van der Waals surface area contributed by atoms with E-state index in [-0.39, 0.29) is 0 Å². The second kappa shape index (κ2) is 12.9. The first-order valence-electron chi connectivity index (χ1n) is 19.1. The molecule has 1 aliphatic carbocycles. The SMILES string of the molecule is c1ccc(-c2ccc(-c3cc(-c4cccc(-c5ccc6c(c5)C5(c7ccccc7O6)c6ccccc6-c6ccccc65)c4)nc(-c4ccccc4)n3)cc2)cc1. The molecule has 2 aliphatic rings. The Labute approximate surface area is 326 Å². The van der Waals surface area contributed by atoms with E-state index in [1.807, 2.05) is 24.3 Å². The quantitative estimate of drug-likeness (QED) is 0.178. The second-order valence-corrected chi connectivity index (χ2v) is 14.5. The van der Waals surface area contributed by atoms with Gasteiger partial charge in [-0.1, -0.05) is 176 Å². The van der Waals surface area contributed by atoms with Crippen molar-refractivity contribution in [1.82, 2.24) is 9.97 Å². The van der Waals surface area contributed by atoms with E-state index in [2.05, 4.69) is 182 Å². The number of hydrogen-bond acceptors (Lipinski definition) is 3. The Morgan fingerprint density at radius 3 is 1.50 bits per heavy atom. The topological polar surface area (TPSA) is 35.0 Å². The van der Waals surface area contributed by atoms with Crippen LogP contribution in [0.15, 0.2) is 206 Å². The summed E-state index contributed by atoms with van der Waals surface area (Å²) in [6.07, 6.45) is 0. The highest BCUT2D eigenvalue weighted by Gasteiger charge is 2.51. The van der Waals surface area contributed by atoms with Crippen molar-refractivity contribution in [2.45, 2.75) is 5.41 Å². The third-order valence-electron chi connectivity index (χ3n) is 11.4. The number of benzene rings is 8. The molecule has 0 radical (unpaired) electrons. The number of aromatic nitrogens is 2. The summed E-state index contributed by atoms with van der Waals surface area (Å²) in [4.78, 5) is 10.3. The molecule has 0 saturated heterocycles. The number of nitrogens with zero attached hydrogens (tertiary/aromatic N) is 2. The molecule has 1 aliphatic heterocycles. The van der Waals surface area contributed by atoms with E-state index in [0.717, 1.165) is 61.8 Å². The molecule has 0 fully saturated rings. The molecule has 0 unspecified atom stereocenters. The molecule has 9 aromatic rings. The fraction of sp³-hybridized carbons (Fsp3) is 0.0189. The molecule has 0 atom stereocenters. The van der Waals surface area contributed by atoms with Crippen LogP contribution < -0.4 is 4.74 Å². The van der Waals surface area contributed by atoms with Crippen LogP contribution in [0.1, 0.15) is 22.3 Å². The van der Waals surface area contributed by atoms with E-state index >= 15 is 0 Å². The molecule has 1 spiro atoms. The van der Waals surface area contributed by atoms with Gasteiger partial charge in [0.2, 0.25) is 0 Å². The lowest BCUT2D eigenvalue weighted by molar-refractivity contribution is 0.436. The normalized spacial score (nSPS) is 12.9. The molecule has 8 aromatic carbocycles. The second-order valence-electron chi connectivity index (χ2n) is 14.5. The van der Waals surface area contributed by atoms with Gasteiger partial charge in [-0.15, -0.1) is 0 Å². The third-order valence-corrected chi connectivity index (χ3v) is 11.4. The van der Waals surface area contributed by atoms with Crippen molar-refractivity contribution in [2.75, 3.05) is 0 Å². The van der Waals surface area contributed by atoms with Gasteiger partial charge in [0.1, 0.15) is 11.5 Å². The number of ether oxygens (including phenoxy) is 1. The molecule has 3 heteroatoms. The lowest BCUT2D eigenvalue weighted by Gasteiger charge is -2.39. The monoisotopic (exact) mass is 714 g/mol. The minimum absolute atomic E-state index is 0.521. The maximum Gasteiger partial charge on any atom is 0.160 e. The Bertz CT molecular complexity index is 2890. The minimum atomic E-state index is -0.521. The molecule has 1 aromatic heterocycles. The molecular formula is C53H34N2O. The maximum absolute atomic E-state index is 6.70. The van der Waals surface area contributed by atoms with Crippen molar-refractivity contribution >= 4 is 0 Å². The van der Waals surface area contributed by atoms with Crippen LogP contribution in [-0.4, -0.2) is 9.97 Å². The largest absolute Gasteiger partial charge is 0.457 e. The van der Waals surface area contributed by atoms with Crippen molar-refractivity contribution < 1.29 is 4.74 Å². The zero-order valence-corrected chi connectivity index (χ0v) is 30.4. The summed E-state index contributed by atoms with van der Waals surface area (Å²) in [5.74, 6) is 2.46. The zero-order chi connectivity index (χ0) is 37.1. The van der Waals surface area contributed by atoms with Gasteiger partial charge in [0.05, 0.1) is 16.8 Å². The van der Waals surface area contributed by atoms with Gasteiger partial charge < -0.3 is 4.74 Å². The van der Waals surface area contributed by atoms with Crippen LogP contribution in [0.3, 0.4) is 0 Å². The summed E-state index contributed by atoms with van der Waals surface area (Å²) >= 11 is 0. The van der Waals surface area contributed by atoms with Crippen LogP contribution in [0, 0.1) is 0 Å². The summed E-state index contributed by atoms with van der Waals surface area (Å²) in [7, 11) is 0. The van der Waals surface area contributed by atoms with Gasteiger partial charge in [-0.2, -0.15) is 0 Å². The average molecular weight is 715 g/mol. The summed E-state index contributed by atoms with van der Waals surface area (Å²) in [6.45, 7) is 0. The number of para-hydroxylation sites is 1. The number of hydrogen-bond donors (Lipinski definition) is 0. The molecule has 11 rings (SSSR count). The third kappa shape index (κ3) is 5.05. The lowest BCUT2D eigenvalue weighted by Crippen LogP contribution is -2.32. The molecule has 262 valence electrons. The van der Waals surface area contributed by atoms with Crippen LogP contribution in [-0.2, 0) is 5.41 Å². The van der Waals surface area contributed by atoms with E-state index in [1.54, 1.807) is 0 Å². The Kier molecular flexibility index (Phi) is 7.39. The molecule has 0 saturated carbocycles. The summed E-state index contributed by atoms with van der Waals surface area (Å²) in [5, 5.41) is 0. The van der Waals surface area contributed by atoms with Crippen molar-refractivity contribution in [1.29, 1.82) is 0 Å². The first-order chi connectivity index (χ1) is 27.7. The molecule has 2 heterocycles. The summed E-state index contributed by atoms with van der Waals surface area (Å²) in [5.41, 5.74) is 16.2. The predicted molar refractivity (Wildman–Crippen MR) is 227 cm³/mol. The van der Waals surface area contributed by atoms with Gasteiger partial charge in [0, 0.05) is 27.8 Å². The van der Waals surface area contributed by atoms with Crippen LogP contribution in [0.5, 0.6) is 11.5 Å². The Hall–Kier alpha value is -7.36. The highest BCUT2D eigenvalue weighted by Crippen LogP contribution is 2.62. The molecule has 0 N–H and O–H groups in total. The summed E-state index contributed by atoms with van der Waals surface area (Å²) in [6, 6.07) is 73.1. The first-order valence-corrected chi connectivity index (χ1v) is 19.1. The minimum Gasteiger partial charge on any atom is -0.457 e. The average Bonchev–Trinajstić information content (AvgIpc) is 3.57. The molecule has 0 bridgehead atoms. The van der Waals surface area contributed by atoms with Gasteiger partial charge in [-0.05, 0) is 74.8 Å². The van der Waals surface area contributed by atoms with Crippen molar-refractivity contribution in [3.63, 3.8) is 0 Å². The zero-order valence-electron chi connectivity index (χ0n) is 30.4. The first kappa shape index (κ1) is 32.1. The van der Waals surface area contributed by atoms with Crippen LogP contribution in [0.25, 0.3) is 67.3 Å². The Morgan fingerprint density at radius 1 is 0.304 bits per heavy atom. The van der Waals surface area contributed by atoms with E-state index in [9.17, 15) is 0 Å². The van der Waals surface area contributed by atoms with Crippen LogP contribution in [0.4, 0.5) is 0 Å². The Balaban J connectivity index is 1.05. The van der Waals surface area contributed by atoms with Gasteiger partial charge in [-0.25, -0.2) is 9.97 Å². The van der Waals surface area contributed by atoms with Gasteiger partial charge in [-0.3, -0.25) is 0 Å². The van der Waals surface area contributed by atoms with Crippen molar-refractivity contribution in [2.24, 2.45) is 0 Å². The predicted octanol–water partition coefficient (Wildman–Crippen LogP) is 13.3. The van der Waals surface area contributed by atoms with E-state index < -0.39 is 5.41 Å². The van der Waals surface area contributed by atoms with Crippen LogP contribution >= 0.6 is 0 Å². The summed E-state index contributed by atoms with van der Waals surface area (Å²) < 4.78 is 6.70. The molecule has 0 amide bonds.